The highest BCUT2D eigenvalue weighted by Crippen LogP contribution is 2.15. The van der Waals surface area contributed by atoms with Gasteiger partial charge in [-0.05, 0) is 32.0 Å². The van der Waals surface area contributed by atoms with Gasteiger partial charge >= 0.3 is 0 Å². The third kappa shape index (κ3) is 4.60. The third-order valence-electron chi connectivity index (χ3n) is 3.05. The lowest BCUT2D eigenvalue weighted by atomic mass is 10.1. The third-order valence-corrected chi connectivity index (χ3v) is 3.05. The summed E-state index contributed by atoms with van der Waals surface area (Å²) in [5.74, 6) is -0.897. The summed E-state index contributed by atoms with van der Waals surface area (Å²) in [6.07, 6.45) is 2.78. The Morgan fingerprint density at radius 3 is 2.76 bits per heavy atom. The lowest BCUT2D eigenvalue weighted by Crippen LogP contribution is -2.16. The van der Waals surface area contributed by atoms with Crippen molar-refractivity contribution >= 4 is 0 Å². The van der Waals surface area contributed by atoms with E-state index in [1.54, 1.807) is 0 Å². The molecule has 2 aromatic rings. The van der Waals surface area contributed by atoms with Crippen molar-refractivity contribution in [2.75, 3.05) is 13.1 Å². The number of aromatic nitrogens is 2. The van der Waals surface area contributed by atoms with Crippen molar-refractivity contribution in [2.24, 2.45) is 0 Å². The molecule has 1 aromatic carbocycles. The van der Waals surface area contributed by atoms with E-state index in [0.717, 1.165) is 32.0 Å². The van der Waals surface area contributed by atoms with Crippen LogP contribution in [0.15, 0.2) is 22.6 Å². The summed E-state index contributed by atoms with van der Waals surface area (Å²) in [4.78, 5) is 0. The fraction of sp³-hybridized carbons (Fsp3) is 0.467. The number of benzene rings is 1. The number of aryl methyl sites for hydroxylation is 1. The normalized spacial score (nSPS) is 11.0. The van der Waals surface area contributed by atoms with Gasteiger partial charge in [-0.1, -0.05) is 19.1 Å². The van der Waals surface area contributed by atoms with E-state index in [9.17, 15) is 8.78 Å². The van der Waals surface area contributed by atoms with Gasteiger partial charge in [0.2, 0.25) is 11.8 Å². The molecule has 0 radical (unpaired) electrons. The summed E-state index contributed by atoms with van der Waals surface area (Å²) in [5, 5.41) is 11.1. The van der Waals surface area contributed by atoms with E-state index in [2.05, 4.69) is 22.4 Å². The summed E-state index contributed by atoms with van der Waals surface area (Å²) >= 11 is 0. The summed E-state index contributed by atoms with van der Waals surface area (Å²) in [6.45, 7) is 4.00. The zero-order valence-electron chi connectivity index (χ0n) is 12.0. The Kier molecular flexibility index (Phi) is 5.80. The van der Waals surface area contributed by atoms with Crippen LogP contribution in [0.3, 0.4) is 0 Å². The molecule has 2 rings (SSSR count). The maximum atomic E-state index is 13.5. The Bertz CT molecular complexity index is 572. The fourth-order valence-corrected chi connectivity index (χ4v) is 1.98. The Morgan fingerprint density at radius 2 is 1.95 bits per heavy atom. The molecule has 0 unspecified atom stereocenters. The molecular weight excluding hydrogens is 276 g/mol. The fourth-order valence-electron chi connectivity index (χ4n) is 1.98. The summed E-state index contributed by atoms with van der Waals surface area (Å²) in [5.41, 5.74) is 0.217. The van der Waals surface area contributed by atoms with Gasteiger partial charge in [-0.15, -0.1) is 10.2 Å². The highest BCUT2D eigenvalue weighted by Gasteiger charge is 2.12. The van der Waals surface area contributed by atoms with Crippen molar-refractivity contribution in [3.8, 4) is 0 Å². The van der Waals surface area contributed by atoms with Gasteiger partial charge in [-0.2, -0.15) is 0 Å². The quantitative estimate of drug-likeness (QED) is 0.761. The smallest absolute Gasteiger partial charge is 0.221 e. The Balaban J connectivity index is 1.87. The van der Waals surface area contributed by atoms with Crippen LogP contribution in [0.4, 0.5) is 8.78 Å². The molecule has 0 aliphatic carbocycles. The second kappa shape index (κ2) is 7.83. The van der Waals surface area contributed by atoms with Crippen molar-refractivity contribution in [3.05, 3.63) is 47.2 Å². The molecule has 114 valence electrons. The second-order valence-electron chi connectivity index (χ2n) is 4.83. The zero-order chi connectivity index (χ0) is 15.1. The van der Waals surface area contributed by atoms with Crippen molar-refractivity contribution < 1.29 is 13.2 Å². The second-order valence-corrected chi connectivity index (χ2v) is 4.83. The minimum atomic E-state index is -0.866. The first-order valence-corrected chi connectivity index (χ1v) is 7.15. The van der Waals surface area contributed by atoms with Gasteiger partial charge in [0.15, 0.2) is 11.6 Å². The number of hydrogen-bond donors (Lipinski definition) is 1. The van der Waals surface area contributed by atoms with Crippen LogP contribution >= 0.6 is 0 Å². The molecule has 1 heterocycles. The standard InChI is InChI=1S/C15H19F2N3O/c1-2-8-18-9-4-7-13-19-20-14(21-13)10-11-5-3-6-12(16)15(11)17/h3,5-6,18H,2,4,7-10H2,1H3. The average molecular weight is 295 g/mol. The molecule has 0 spiro atoms. The monoisotopic (exact) mass is 295 g/mol. The predicted octanol–water partition coefficient (Wildman–Crippen LogP) is 2.87. The van der Waals surface area contributed by atoms with Crippen LogP contribution in [0, 0.1) is 11.6 Å². The van der Waals surface area contributed by atoms with Gasteiger partial charge in [0.25, 0.3) is 0 Å². The van der Waals surface area contributed by atoms with E-state index < -0.39 is 11.6 Å². The summed E-state index contributed by atoms with van der Waals surface area (Å²) < 4.78 is 32.1. The van der Waals surface area contributed by atoms with Crippen LogP contribution in [0.2, 0.25) is 0 Å². The molecule has 21 heavy (non-hydrogen) atoms. The van der Waals surface area contributed by atoms with Gasteiger partial charge in [-0.3, -0.25) is 0 Å². The first-order chi connectivity index (χ1) is 10.2. The van der Waals surface area contributed by atoms with Crippen molar-refractivity contribution in [1.82, 2.24) is 15.5 Å². The first kappa shape index (κ1) is 15.6. The molecule has 0 aliphatic heterocycles. The van der Waals surface area contributed by atoms with E-state index in [1.165, 1.54) is 12.1 Å². The molecule has 0 fully saturated rings. The Morgan fingerprint density at radius 1 is 1.14 bits per heavy atom. The summed E-state index contributed by atoms with van der Waals surface area (Å²) in [6, 6.07) is 4.06. The van der Waals surface area contributed by atoms with Crippen LogP contribution in [0.1, 0.15) is 37.1 Å². The molecule has 1 aromatic heterocycles. The van der Waals surface area contributed by atoms with E-state index in [0.29, 0.717) is 18.2 Å². The molecule has 0 aliphatic rings. The lowest BCUT2D eigenvalue weighted by Gasteiger charge is -2.01. The molecule has 0 amide bonds. The highest BCUT2D eigenvalue weighted by molar-refractivity contribution is 5.21. The van der Waals surface area contributed by atoms with Crippen molar-refractivity contribution in [3.63, 3.8) is 0 Å². The van der Waals surface area contributed by atoms with Crippen LogP contribution in [0.5, 0.6) is 0 Å². The minimum Gasteiger partial charge on any atom is -0.425 e. The van der Waals surface area contributed by atoms with Gasteiger partial charge in [-0.25, -0.2) is 8.78 Å². The van der Waals surface area contributed by atoms with Gasteiger partial charge in [0.05, 0.1) is 6.42 Å². The van der Waals surface area contributed by atoms with E-state index in [-0.39, 0.29) is 12.0 Å². The average Bonchev–Trinajstić information content (AvgIpc) is 2.91. The molecule has 0 atom stereocenters. The minimum absolute atomic E-state index is 0.102. The number of rotatable bonds is 8. The van der Waals surface area contributed by atoms with E-state index in [4.69, 9.17) is 4.42 Å². The molecule has 0 bridgehead atoms. The lowest BCUT2D eigenvalue weighted by molar-refractivity contribution is 0.443. The molecule has 0 saturated heterocycles. The number of halogens is 2. The van der Waals surface area contributed by atoms with Crippen LogP contribution < -0.4 is 5.32 Å². The largest absolute Gasteiger partial charge is 0.425 e. The van der Waals surface area contributed by atoms with Crippen LogP contribution in [-0.2, 0) is 12.8 Å². The predicted molar refractivity (Wildman–Crippen MR) is 74.9 cm³/mol. The van der Waals surface area contributed by atoms with Crippen LogP contribution in [-0.4, -0.2) is 23.3 Å². The number of nitrogens with one attached hydrogen (secondary N) is 1. The molecule has 4 nitrogen and oxygen atoms in total. The van der Waals surface area contributed by atoms with Crippen molar-refractivity contribution in [1.29, 1.82) is 0 Å². The first-order valence-electron chi connectivity index (χ1n) is 7.15. The Hall–Kier alpha value is -1.82. The Labute approximate surface area is 122 Å². The highest BCUT2D eigenvalue weighted by atomic mass is 19.2. The number of hydrogen-bond acceptors (Lipinski definition) is 4. The van der Waals surface area contributed by atoms with Crippen molar-refractivity contribution in [2.45, 2.75) is 32.6 Å². The topological polar surface area (TPSA) is 51.0 Å². The van der Waals surface area contributed by atoms with Gasteiger partial charge in [0, 0.05) is 12.0 Å². The molecular formula is C15H19F2N3O. The van der Waals surface area contributed by atoms with E-state index >= 15 is 0 Å². The summed E-state index contributed by atoms with van der Waals surface area (Å²) in [7, 11) is 0. The zero-order valence-corrected chi connectivity index (χ0v) is 12.0. The maximum Gasteiger partial charge on any atom is 0.221 e. The van der Waals surface area contributed by atoms with Crippen LogP contribution in [0.25, 0.3) is 0 Å². The van der Waals surface area contributed by atoms with Gasteiger partial charge in [0.1, 0.15) is 0 Å². The van der Waals surface area contributed by atoms with Gasteiger partial charge < -0.3 is 9.73 Å². The number of nitrogens with zero attached hydrogens (tertiary/aromatic N) is 2. The molecule has 6 heteroatoms. The molecule has 1 N–H and O–H groups in total. The maximum absolute atomic E-state index is 13.5. The SMILES string of the molecule is CCCNCCCc1nnc(Cc2cccc(F)c2F)o1. The van der Waals surface area contributed by atoms with E-state index in [1.807, 2.05) is 0 Å². The molecule has 0 saturated carbocycles.